The smallest absolute Gasteiger partial charge is 0.298 e. The van der Waals surface area contributed by atoms with E-state index in [0.717, 1.165) is 10.9 Å². The Kier molecular flexibility index (Phi) is 5.63. The van der Waals surface area contributed by atoms with Crippen LogP contribution in [0.3, 0.4) is 0 Å². The molecule has 1 aliphatic rings. The fraction of sp³-hybridized carbons (Fsp3) is 0.273. The second-order valence-electron chi connectivity index (χ2n) is 7.57. The summed E-state index contributed by atoms with van der Waals surface area (Å²) in [6.45, 7) is 2.81. The lowest BCUT2D eigenvalue weighted by Gasteiger charge is -2.29. The van der Waals surface area contributed by atoms with Gasteiger partial charge in [-0.25, -0.2) is 5.10 Å². The number of nitrogens with zero attached hydrogens (tertiary/aromatic N) is 3. The Bertz CT molecular complexity index is 1340. The second kappa shape index (κ2) is 8.40. The first kappa shape index (κ1) is 21.5. The van der Waals surface area contributed by atoms with Crippen molar-refractivity contribution in [3.05, 3.63) is 50.5 Å². The van der Waals surface area contributed by atoms with Gasteiger partial charge < -0.3 is 20.8 Å². The van der Waals surface area contributed by atoms with Crippen molar-refractivity contribution in [1.29, 1.82) is 0 Å². The zero-order chi connectivity index (χ0) is 23.0. The minimum atomic E-state index is -0.576. The van der Waals surface area contributed by atoms with Gasteiger partial charge in [0.15, 0.2) is 11.6 Å². The number of rotatable bonds is 3. The molecule has 0 spiro atoms. The van der Waals surface area contributed by atoms with Crippen LogP contribution in [0.4, 0.5) is 11.5 Å². The van der Waals surface area contributed by atoms with Gasteiger partial charge in [-0.05, 0) is 43.9 Å². The van der Waals surface area contributed by atoms with Crippen molar-refractivity contribution in [2.24, 2.45) is 4.99 Å². The maximum Gasteiger partial charge on any atom is 0.298 e. The lowest BCUT2D eigenvalue weighted by Crippen LogP contribution is -2.39. The first-order chi connectivity index (χ1) is 15.3. The number of fused-ring (bicyclic) bond motifs is 1. The molecule has 1 saturated heterocycles. The number of piperidine rings is 1. The molecule has 1 aromatic carbocycles. The normalized spacial score (nSPS) is 15.2. The molecule has 10 heteroatoms. The van der Waals surface area contributed by atoms with Crippen molar-refractivity contribution in [1.82, 2.24) is 15.1 Å². The number of furan rings is 1. The fourth-order valence-electron chi connectivity index (χ4n) is 3.86. The predicted octanol–water partition coefficient (Wildman–Crippen LogP) is 2.10. The number of nitrogens with one attached hydrogen (secondary N) is 1. The van der Waals surface area contributed by atoms with Gasteiger partial charge in [0, 0.05) is 29.1 Å². The number of benzene rings is 1. The predicted molar refractivity (Wildman–Crippen MR) is 124 cm³/mol. The maximum atomic E-state index is 12.2. The number of likely N-dealkylation sites (tertiary alicyclic amines) is 1. The van der Waals surface area contributed by atoms with Gasteiger partial charge in [0.2, 0.25) is 0 Å². The summed E-state index contributed by atoms with van der Waals surface area (Å²) >= 11 is 6.16. The third-order valence-electron chi connectivity index (χ3n) is 5.58. The van der Waals surface area contributed by atoms with Crippen molar-refractivity contribution < 1.29 is 9.21 Å². The Balaban J connectivity index is 1.85. The molecule has 9 nitrogen and oxygen atoms in total. The summed E-state index contributed by atoms with van der Waals surface area (Å²) in [6, 6.07) is 5.12. The monoisotopic (exact) mass is 452 g/mol. The highest BCUT2D eigenvalue weighted by molar-refractivity contribution is 6.31. The van der Waals surface area contributed by atoms with Crippen molar-refractivity contribution in [3.63, 3.8) is 0 Å². The number of nitrogen functional groups attached to an aromatic ring is 2. The topological polar surface area (TPSA) is 144 Å². The van der Waals surface area contributed by atoms with Gasteiger partial charge in [0.05, 0.1) is 11.6 Å². The largest absolute Gasteiger partial charge is 0.454 e. The SMILES string of the molecule is C#CC(=O)N1CCC(N=C(c2oc3ccc(Cl)cc3c2C)c2c(N)n[nH]c(=O)c2N)CC1. The number of aromatic amines is 1. The molecular formula is C22H21ClN6O3. The molecule has 1 amide bonds. The van der Waals surface area contributed by atoms with Gasteiger partial charge >= 0.3 is 0 Å². The lowest BCUT2D eigenvalue weighted by atomic mass is 10.0. The third kappa shape index (κ3) is 3.81. The van der Waals surface area contributed by atoms with Crippen LogP contribution in [-0.2, 0) is 4.79 Å². The van der Waals surface area contributed by atoms with E-state index in [9.17, 15) is 9.59 Å². The van der Waals surface area contributed by atoms with Crippen LogP contribution in [0, 0.1) is 19.3 Å². The average molecular weight is 453 g/mol. The number of aryl methyl sites for hydroxylation is 1. The third-order valence-corrected chi connectivity index (χ3v) is 5.82. The van der Waals surface area contributed by atoms with E-state index in [1.165, 1.54) is 0 Å². The molecule has 32 heavy (non-hydrogen) atoms. The number of aromatic nitrogens is 2. The van der Waals surface area contributed by atoms with Gasteiger partial charge in [0.25, 0.3) is 11.5 Å². The Hall–Kier alpha value is -3.77. The van der Waals surface area contributed by atoms with E-state index in [-0.39, 0.29) is 29.0 Å². The minimum Gasteiger partial charge on any atom is -0.454 e. The van der Waals surface area contributed by atoms with Crippen LogP contribution in [0.1, 0.15) is 29.7 Å². The first-order valence-electron chi connectivity index (χ1n) is 9.96. The van der Waals surface area contributed by atoms with E-state index in [1.807, 2.05) is 6.92 Å². The van der Waals surface area contributed by atoms with Gasteiger partial charge in [-0.15, -0.1) is 6.42 Å². The van der Waals surface area contributed by atoms with Crippen LogP contribution in [0.5, 0.6) is 0 Å². The average Bonchev–Trinajstić information content (AvgIpc) is 3.11. The van der Waals surface area contributed by atoms with Gasteiger partial charge in [-0.2, -0.15) is 5.10 Å². The number of nitrogens with two attached hydrogens (primary N) is 2. The number of halogens is 1. The molecule has 0 bridgehead atoms. The summed E-state index contributed by atoms with van der Waals surface area (Å²) in [4.78, 5) is 30.5. The molecule has 1 aliphatic heterocycles. The van der Waals surface area contributed by atoms with Crippen LogP contribution < -0.4 is 17.0 Å². The van der Waals surface area contributed by atoms with E-state index in [2.05, 4.69) is 16.1 Å². The summed E-state index contributed by atoms with van der Waals surface area (Å²) in [5.41, 5.74) is 13.5. The summed E-state index contributed by atoms with van der Waals surface area (Å²) in [5.74, 6) is 2.25. The molecule has 5 N–H and O–H groups in total. The fourth-order valence-corrected chi connectivity index (χ4v) is 4.03. The second-order valence-corrected chi connectivity index (χ2v) is 8.01. The Morgan fingerprint density at radius 2 is 2.09 bits per heavy atom. The Morgan fingerprint density at radius 1 is 1.38 bits per heavy atom. The van der Waals surface area contributed by atoms with E-state index >= 15 is 0 Å². The van der Waals surface area contributed by atoms with E-state index in [0.29, 0.717) is 48.0 Å². The maximum absolute atomic E-state index is 12.2. The molecule has 164 valence electrons. The highest BCUT2D eigenvalue weighted by atomic mass is 35.5. The summed E-state index contributed by atoms with van der Waals surface area (Å²) in [7, 11) is 0. The van der Waals surface area contributed by atoms with E-state index in [4.69, 9.17) is 38.9 Å². The molecule has 0 atom stereocenters. The van der Waals surface area contributed by atoms with E-state index < -0.39 is 5.56 Å². The number of carbonyl (C=O) groups excluding carboxylic acids is 1. The molecule has 0 unspecified atom stereocenters. The first-order valence-corrected chi connectivity index (χ1v) is 10.3. The number of H-pyrrole nitrogens is 1. The molecule has 0 aliphatic carbocycles. The zero-order valence-corrected chi connectivity index (χ0v) is 18.1. The quantitative estimate of drug-likeness (QED) is 0.410. The van der Waals surface area contributed by atoms with Crippen LogP contribution >= 0.6 is 11.6 Å². The highest BCUT2D eigenvalue weighted by Gasteiger charge is 2.27. The van der Waals surface area contributed by atoms with Gasteiger partial charge in [-0.3, -0.25) is 14.6 Å². The molecule has 3 aromatic rings. The number of carbonyl (C=O) groups is 1. The molecule has 2 aromatic heterocycles. The highest BCUT2D eigenvalue weighted by Crippen LogP contribution is 2.32. The van der Waals surface area contributed by atoms with Crippen molar-refractivity contribution in [2.45, 2.75) is 25.8 Å². The summed E-state index contributed by atoms with van der Waals surface area (Å²) in [5, 5.41) is 7.51. The van der Waals surface area contributed by atoms with Crippen molar-refractivity contribution in [3.8, 4) is 12.3 Å². The van der Waals surface area contributed by atoms with Crippen molar-refractivity contribution in [2.75, 3.05) is 24.6 Å². The zero-order valence-electron chi connectivity index (χ0n) is 17.3. The Morgan fingerprint density at radius 3 is 2.78 bits per heavy atom. The number of amides is 1. The molecule has 3 heterocycles. The number of aliphatic imine (C=N–C) groups is 1. The molecule has 1 fully saturated rings. The molecule has 0 saturated carbocycles. The van der Waals surface area contributed by atoms with Crippen LogP contribution in [0.25, 0.3) is 11.0 Å². The molecule has 0 radical (unpaired) electrons. The lowest BCUT2D eigenvalue weighted by molar-refractivity contribution is -0.126. The standard InChI is InChI=1S/C22H21ClN6O3/c1-3-16(30)29-8-6-13(7-9-29)26-19(17-18(24)22(31)28-27-21(17)25)20-11(2)14-10-12(23)4-5-15(14)32-20/h1,4-5,10,13H,6-9H2,2H3,(H,28,31)(H4,24,25,27). The molecule has 4 rings (SSSR count). The number of anilines is 2. The van der Waals surface area contributed by atoms with Crippen molar-refractivity contribution >= 4 is 45.7 Å². The summed E-state index contributed by atoms with van der Waals surface area (Å²) in [6.07, 6.45) is 6.39. The van der Waals surface area contributed by atoms with Gasteiger partial charge in [-0.1, -0.05) is 11.6 Å². The van der Waals surface area contributed by atoms with Crippen LogP contribution in [0.2, 0.25) is 5.02 Å². The van der Waals surface area contributed by atoms with Gasteiger partial charge in [0.1, 0.15) is 17.0 Å². The Labute approximate surface area is 188 Å². The number of terminal acetylenes is 1. The van der Waals surface area contributed by atoms with Crippen LogP contribution in [-0.4, -0.2) is 45.8 Å². The minimum absolute atomic E-state index is 0.0266. The van der Waals surface area contributed by atoms with Crippen LogP contribution in [0.15, 0.2) is 32.4 Å². The summed E-state index contributed by atoms with van der Waals surface area (Å²) < 4.78 is 6.11. The number of hydrogen-bond acceptors (Lipinski definition) is 7. The van der Waals surface area contributed by atoms with E-state index in [1.54, 1.807) is 23.1 Å². The number of hydrogen-bond donors (Lipinski definition) is 3. The molecular weight excluding hydrogens is 432 g/mol.